The van der Waals surface area contributed by atoms with Gasteiger partial charge in [0.1, 0.15) is 0 Å². The van der Waals surface area contributed by atoms with Gasteiger partial charge in [-0.15, -0.1) is 11.3 Å². The lowest BCUT2D eigenvalue weighted by atomic mass is 10.5. The van der Waals surface area contributed by atoms with E-state index >= 15 is 0 Å². The summed E-state index contributed by atoms with van der Waals surface area (Å²) >= 11 is 4.72. The third-order valence-electron chi connectivity index (χ3n) is 1.76. The second-order valence-corrected chi connectivity index (χ2v) is 6.74. The van der Waals surface area contributed by atoms with Gasteiger partial charge in [0.25, 0.3) is 0 Å². The topological polar surface area (TPSA) is 72.5 Å². The highest BCUT2D eigenvalue weighted by Crippen LogP contribution is 2.22. The number of ether oxygens (including phenoxy) is 1. The summed E-state index contributed by atoms with van der Waals surface area (Å²) in [7, 11) is -3.63. The van der Waals surface area contributed by atoms with Crippen molar-refractivity contribution in [2.45, 2.75) is 13.5 Å². The Labute approximate surface area is 112 Å². The van der Waals surface area contributed by atoms with Gasteiger partial charge >= 0.3 is 5.97 Å². The summed E-state index contributed by atoms with van der Waals surface area (Å²) in [5.41, 5.74) is 0. The van der Waals surface area contributed by atoms with Gasteiger partial charge in [-0.05, 0) is 34.3 Å². The van der Waals surface area contributed by atoms with Crippen LogP contribution in [0.2, 0.25) is 0 Å². The molecule has 1 N–H and O–H groups in total. The van der Waals surface area contributed by atoms with Crippen LogP contribution in [0.25, 0.3) is 0 Å². The Morgan fingerprint density at radius 1 is 1.59 bits per heavy atom. The molecule has 0 spiro atoms. The number of carbonyl (C=O) groups excluding carboxylic acids is 1. The Bertz CT molecular complexity index is 483. The number of carbonyl (C=O) groups is 1. The van der Waals surface area contributed by atoms with E-state index in [1.807, 2.05) is 11.4 Å². The highest BCUT2D eigenvalue weighted by Gasteiger charge is 2.17. The predicted molar refractivity (Wildman–Crippen MR) is 69.3 cm³/mol. The lowest BCUT2D eigenvalue weighted by Crippen LogP contribution is -2.30. The molecule has 0 amide bonds. The first kappa shape index (κ1) is 14.6. The van der Waals surface area contributed by atoms with Crippen LogP contribution in [0.3, 0.4) is 0 Å². The van der Waals surface area contributed by atoms with E-state index in [1.165, 1.54) is 11.3 Å². The molecule has 0 saturated carbocycles. The normalized spacial score (nSPS) is 11.4. The summed E-state index contributed by atoms with van der Waals surface area (Å²) in [6, 6.07) is 1.83. The van der Waals surface area contributed by atoms with Crippen molar-refractivity contribution < 1.29 is 17.9 Å². The quantitative estimate of drug-likeness (QED) is 0.795. The summed E-state index contributed by atoms with van der Waals surface area (Å²) in [4.78, 5) is 11.9. The first-order valence-corrected chi connectivity index (χ1v) is 8.12. The number of hydrogen-bond donors (Lipinski definition) is 1. The zero-order chi connectivity index (χ0) is 12.9. The number of hydrogen-bond acceptors (Lipinski definition) is 5. The Hall–Kier alpha value is -0.440. The molecule has 0 saturated heterocycles. The number of rotatable bonds is 6. The van der Waals surface area contributed by atoms with Crippen LogP contribution in [0.5, 0.6) is 0 Å². The second kappa shape index (κ2) is 6.48. The molecule has 5 nitrogen and oxygen atoms in total. The summed E-state index contributed by atoms with van der Waals surface area (Å²) in [5, 5.41) is 1.85. The fourth-order valence-electron chi connectivity index (χ4n) is 1.04. The monoisotopic (exact) mass is 341 g/mol. The molecule has 8 heteroatoms. The summed E-state index contributed by atoms with van der Waals surface area (Å²) in [5.74, 6) is -1.39. The molecule has 1 heterocycles. The number of thiophene rings is 1. The van der Waals surface area contributed by atoms with Crippen molar-refractivity contribution in [3.63, 3.8) is 0 Å². The minimum absolute atomic E-state index is 0.167. The van der Waals surface area contributed by atoms with Crippen LogP contribution < -0.4 is 4.72 Å². The number of nitrogens with one attached hydrogen (secondary N) is 1. The van der Waals surface area contributed by atoms with Crippen molar-refractivity contribution in [2.75, 3.05) is 12.4 Å². The van der Waals surface area contributed by atoms with E-state index in [1.54, 1.807) is 6.92 Å². The third-order valence-corrected chi connectivity index (χ3v) is 4.88. The van der Waals surface area contributed by atoms with Gasteiger partial charge in [0, 0.05) is 15.9 Å². The summed E-state index contributed by atoms with van der Waals surface area (Å²) in [6.07, 6.45) is 0. The van der Waals surface area contributed by atoms with Crippen molar-refractivity contribution in [3.05, 3.63) is 20.8 Å². The van der Waals surface area contributed by atoms with Gasteiger partial charge in [-0.3, -0.25) is 4.79 Å². The highest BCUT2D eigenvalue weighted by molar-refractivity contribution is 9.10. The van der Waals surface area contributed by atoms with Crippen molar-refractivity contribution in [2.24, 2.45) is 0 Å². The van der Waals surface area contributed by atoms with Gasteiger partial charge < -0.3 is 4.74 Å². The van der Waals surface area contributed by atoms with E-state index < -0.39 is 21.7 Å². The van der Waals surface area contributed by atoms with E-state index in [0.717, 1.165) is 9.35 Å². The van der Waals surface area contributed by atoms with Crippen LogP contribution in [0.15, 0.2) is 15.9 Å². The van der Waals surface area contributed by atoms with Crippen molar-refractivity contribution in [1.82, 2.24) is 4.72 Å². The largest absolute Gasteiger partial charge is 0.465 e. The van der Waals surface area contributed by atoms with Crippen LogP contribution in [0.1, 0.15) is 11.8 Å². The van der Waals surface area contributed by atoms with Crippen LogP contribution in [-0.4, -0.2) is 26.7 Å². The molecule has 1 aromatic heterocycles. The molecule has 17 heavy (non-hydrogen) atoms. The Morgan fingerprint density at radius 3 is 2.82 bits per heavy atom. The Kier molecular flexibility index (Phi) is 5.57. The molecule has 0 aliphatic carbocycles. The summed E-state index contributed by atoms with van der Waals surface area (Å²) < 4.78 is 30.8. The van der Waals surface area contributed by atoms with Gasteiger partial charge in [0.15, 0.2) is 5.75 Å². The van der Waals surface area contributed by atoms with E-state index in [-0.39, 0.29) is 13.2 Å². The van der Waals surface area contributed by atoms with Crippen LogP contribution in [0.4, 0.5) is 0 Å². The van der Waals surface area contributed by atoms with Crippen molar-refractivity contribution in [3.8, 4) is 0 Å². The number of esters is 1. The van der Waals surface area contributed by atoms with Gasteiger partial charge in [0.05, 0.1) is 6.61 Å². The molecule has 0 atom stereocenters. The lowest BCUT2D eigenvalue weighted by Gasteiger charge is -2.05. The van der Waals surface area contributed by atoms with Crippen LogP contribution >= 0.6 is 27.3 Å². The zero-order valence-corrected chi connectivity index (χ0v) is 12.3. The van der Waals surface area contributed by atoms with Crippen molar-refractivity contribution >= 4 is 43.3 Å². The van der Waals surface area contributed by atoms with E-state index in [2.05, 4.69) is 25.4 Å². The fourth-order valence-corrected chi connectivity index (χ4v) is 3.42. The molecule has 0 bridgehead atoms. The third kappa shape index (κ3) is 5.15. The molecule has 0 fully saturated rings. The molecule has 1 rings (SSSR count). The molecule has 0 radical (unpaired) electrons. The molecule has 0 unspecified atom stereocenters. The van der Waals surface area contributed by atoms with E-state index in [0.29, 0.717) is 0 Å². The number of halogens is 1. The minimum Gasteiger partial charge on any atom is -0.465 e. The smallest absolute Gasteiger partial charge is 0.322 e. The van der Waals surface area contributed by atoms with Gasteiger partial charge in [0.2, 0.25) is 10.0 Å². The second-order valence-electron chi connectivity index (χ2n) is 3.08. The molecule has 0 aromatic carbocycles. The van der Waals surface area contributed by atoms with Crippen molar-refractivity contribution in [1.29, 1.82) is 0 Å². The maximum absolute atomic E-state index is 11.5. The maximum atomic E-state index is 11.5. The first-order valence-electron chi connectivity index (χ1n) is 4.79. The average molecular weight is 342 g/mol. The molecule has 0 aliphatic heterocycles. The summed E-state index contributed by atoms with van der Waals surface area (Å²) in [6.45, 7) is 1.96. The standard InChI is InChI=1S/C9H12BrNO4S2/c1-2-15-9(12)6-17(13,14)11-5-8-7(10)3-4-16-8/h3-4,11H,2,5-6H2,1H3. The van der Waals surface area contributed by atoms with Gasteiger partial charge in [-0.1, -0.05) is 0 Å². The average Bonchev–Trinajstić information content (AvgIpc) is 2.60. The maximum Gasteiger partial charge on any atom is 0.322 e. The molecular weight excluding hydrogens is 330 g/mol. The molecule has 0 aliphatic rings. The SMILES string of the molecule is CCOC(=O)CS(=O)(=O)NCc1sccc1Br. The molecule has 96 valence electrons. The van der Waals surface area contributed by atoms with Crippen LogP contribution in [-0.2, 0) is 26.1 Å². The van der Waals surface area contributed by atoms with E-state index in [4.69, 9.17) is 0 Å². The Morgan fingerprint density at radius 2 is 2.29 bits per heavy atom. The fraction of sp³-hybridized carbons (Fsp3) is 0.444. The van der Waals surface area contributed by atoms with Gasteiger partial charge in [-0.2, -0.15) is 0 Å². The highest BCUT2D eigenvalue weighted by atomic mass is 79.9. The van der Waals surface area contributed by atoms with E-state index in [9.17, 15) is 13.2 Å². The van der Waals surface area contributed by atoms with Gasteiger partial charge in [-0.25, -0.2) is 13.1 Å². The predicted octanol–water partition coefficient (Wildman–Crippen LogP) is 1.49. The first-order chi connectivity index (χ1) is 7.94. The molecular formula is C9H12BrNO4S2. The number of sulfonamides is 1. The Balaban J connectivity index is 2.50. The van der Waals surface area contributed by atoms with Crippen LogP contribution in [0, 0.1) is 0 Å². The molecule has 1 aromatic rings. The minimum atomic E-state index is -3.63. The zero-order valence-electron chi connectivity index (χ0n) is 9.10. The lowest BCUT2D eigenvalue weighted by molar-refractivity contribution is -0.139.